The Bertz CT molecular complexity index is 609. The van der Waals surface area contributed by atoms with Gasteiger partial charge in [0, 0.05) is 11.8 Å². The Morgan fingerprint density at radius 3 is 3.06 bits per heavy atom. The summed E-state index contributed by atoms with van der Waals surface area (Å²) in [7, 11) is 0. The van der Waals surface area contributed by atoms with Crippen LogP contribution in [0.1, 0.15) is 11.9 Å². The Labute approximate surface area is 96.6 Å². The van der Waals surface area contributed by atoms with Crippen LogP contribution < -0.4 is 4.74 Å². The van der Waals surface area contributed by atoms with Gasteiger partial charge in [-0.25, -0.2) is 4.98 Å². The molecule has 0 amide bonds. The van der Waals surface area contributed by atoms with Crippen molar-refractivity contribution in [3.05, 3.63) is 40.8 Å². The van der Waals surface area contributed by atoms with Crippen LogP contribution in [0.25, 0.3) is 11.3 Å². The number of fused-ring (bicyclic) bond motifs is 3. The summed E-state index contributed by atoms with van der Waals surface area (Å²) in [4.78, 5) is 6.91. The Kier molecular flexibility index (Phi) is 2.02. The van der Waals surface area contributed by atoms with Crippen molar-refractivity contribution >= 4 is 12.2 Å². The number of para-hydroxylation sites is 1. The van der Waals surface area contributed by atoms with Crippen molar-refractivity contribution in [1.82, 2.24) is 9.97 Å². The summed E-state index contributed by atoms with van der Waals surface area (Å²) < 4.78 is 5.75. The number of nitrogens with zero attached hydrogens (tertiary/aromatic N) is 1. The van der Waals surface area contributed by atoms with Crippen molar-refractivity contribution < 1.29 is 9.84 Å². The van der Waals surface area contributed by atoms with E-state index >= 15 is 0 Å². The summed E-state index contributed by atoms with van der Waals surface area (Å²) >= 11 is 4.98. The van der Waals surface area contributed by atoms with Crippen LogP contribution >= 0.6 is 12.2 Å². The summed E-state index contributed by atoms with van der Waals surface area (Å²) in [6.45, 7) is 0. The third-order valence-corrected chi connectivity index (χ3v) is 2.71. The molecule has 16 heavy (non-hydrogen) atoms. The molecule has 1 aliphatic rings. The number of rotatable bonds is 0. The predicted molar refractivity (Wildman–Crippen MR) is 60.4 cm³/mol. The molecule has 1 aromatic carbocycles. The van der Waals surface area contributed by atoms with Crippen LogP contribution in [0.4, 0.5) is 0 Å². The maximum absolute atomic E-state index is 9.78. The summed E-state index contributed by atoms with van der Waals surface area (Å²) in [6.07, 6.45) is 0.540. The second-order valence-corrected chi connectivity index (χ2v) is 3.87. The summed E-state index contributed by atoms with van der Waals surface area (Å²) in [5.41, 5.74) is 2.26. The molecule has 1 aromatic heterocycles. The molecule has 0 aliphatic carbocycles. The van der Waals surface area contributed by atoms with Crippen LogP contribution in [0.15, 0.2) is 30.5 Å². The van der Waals surface area contributed by atoms with Gasteiger partial charge in [-0.2, -0.15) is 0 Å². The fourth-order valence-electron chi connectivity index (χ4n) is 1.77. The number of hydrogen-bond acceptors (Lipinski definition) is 4. The van der Waals surface area contributed by atoms with Crippen molar-refractivity contribution in [3.63, 3.8) is 0 Å². The molecule has 0 saturated carbocycles. The minimum atomic E-state index is -0.996. The molecule has 0 fully saturated rings. The first-order valence-electron chi connectivity index (χ1n) is 4.79. The third kappa shape index (κ3) is 1.33. The molecule has 1 unspecified atom stereocenters. The fourth-order valence-corrected chi connectivity index (χ4v) is 1.93. The molecular formula is C11H8N2O2S. The van der Waals surface area contributed by atoms with Crippen molar-refractivity contribution in [1.29, 1.82) is 0 Å². The van der Waals surface area contributed by atoms with E-state index in [0.29, 0.717) is 16.1 Å². The zero-order valence-corrected chi connectivity index (χ0v) is 8.99. The van der Waals surface area contributed by atoms with E-state index in [1.807, 2.05) is 18.2 Å². The molecular weight excluding hydrogens is 224 g/mol. The van der Waals surface area contributed by atoms with Gasteiger partial charge in [0.1, 0.15) is 5.75 Å². The summed E-state index contributed by atoms with van der Waals surface area (Å²) in [6, 6.07) is 7.47. The largest absolute Gasteiger partial charge is 0.460 e. The van der Waals surface area contributed by atoms with Gasteiger partial charge in [-0.15, -0.1) is 0 Å². The van der Waals surface area contributed by atoms with Crippen LogP contribution in [0.2, 0.25) is 0 Å². The lowest BCUT2D eigenvalue weighted by Crippen LogP contribution is -2.14. The van der Waals surface area contributed by atoms with Crippen molar-refractivity contribution in [2.75, 3.05) is 0 Å². The highest BCUT2D eigenvalue weighted by Gasteiger charge is 2.24. The van der Waals surface area contributed by atoms with E-state index in [-0.39, 0.29) is 0 Å². The molecule has 0 spiro atoms. The average molecular weight is 232 g/mol. The van der Waals surface area contributed by atoms with Crippen LogP contribution in [-0.2, 0) is 0 Å². The monoisotopic (exact) mass is 232 g/mol. The van der Waals surface area contributed by atoms with Crippen molar-refractivity contribution in [2.24, 2.45) is 0 Å². The first-order valence-corrected chi connectivity index (χ1v) is 5.20. The number of aliphatic hydroxyl groups excluding tert-OH is 1. The number of ether oxygens (including phenoxy) is 1. The summed E-state index contributed by atoms with van der Waals surface area (Å²) in [5.74, 6) is 0.638. The van der Waals surface area contributed by atoms with E-state index in [1.54, 1.807) is 6.07 Å². The lowest BCUT2D eigenvalue weighted by Gasteiger charge is -2.24. The third-order valence-electron chi connectivity index (χ3n) is 2.50. The molecule has 4 nitrogen and oxygen atoms in total. The molecule has 2 N–H and O–H groups in total. The van der Waals surface area contributed by atoms with Gasteiger partial charge in [-0.05, 0) is 24.4 Å². The molecule has 0 radical (unpaired) electrons. The van der Waals surface area contributed by atoms with Gasteiger partial charge in [0.15, 0.2) is 4.77 Å². The average Bonchev–Trinajstić information content (AvgIpc) is 2.29. The number of H-pyrrole nitrogens is 1. The highest BCUT2D eigenvalue weighted by atomic mass is 32.1. The molecule has 3 rings (SSSR count). The molecule has 2 aromatic rings. The molecule has 1 atom stereocenters. The molecule has 80 valence electrons. The van der Waals surface area contributed by atoms with E-state index in [0.717, 1.165) is 11.3 Å². The predicted octanol–water partition coefficient (Wildman–Crippen LogP) is 2.19. The van der Waals surface area contributed by atoms with Crippen LogP contribution in [-0.4, -0.2) is 15.1 Å². The van der Waals surface area contributed by atoms with E-state index < -0.39 is 6.29 Å². The number of hydrogen-bond donors (Lipinski definition) is 2. The van der Waals surface area contributed by atoms with Gasteiger partial charge in [0.05, 0.1) is 11.3 Å². The maximum atomic E-state index is 9.78. The maximum Gasteiger partial charge on any atom is 0.227 e. The van der Waals surface area contributed by atoms with Crippen LogP contribution in [0.3, 0.4) is 0 Å². The van der Waals surface area contributed by atoms with Gasteiger partial charge in [-0.1, -0.05) is 12.1 Å². The lowest BCUT2D eigenvalue weighted by atomic mass is 10.0. The van der Waals surface area contributed by atoms with Crippen LogP contribution in [0, 0.1) is 4.77 Å². The Morgan fingerprint density at radius 2 is 2.19 bits per heavy atom. The molecule has 5 heteroatoms. The standard InChI is InChI=1S/C11H8N2O2S/c14-10-7-5-12-11(16)13-9(7)6-3-1-2-4-8(6)15-10/h1-5,10,14H,(H,12,13,16). The molecule has 0 bridgehead atoms. The molecule has 2 heterocycles. The van der Waals surface area contributed by atoms with E-state index in [9.17, 15) is 5.11 Å². The van der Waals surface area contributed by atoms with Crippen molar-refractivity contribution in [3.8, 4) is 17.0 Å². The Balaban J connectivity index is 2.34. The molecule has 1 aliphatic heterocycles. The van der Waals surface area contributed by atoms with Gasteiger partial charge >= 0.3 is 0 Å². The Hall–Kier alpha value is -1.72. The van der Waals surface area contributed by atoms with Gasteiger partial charge < -0.3 is 14.8 Å². The van der Waals surface area contributed by atoms with Gasteiger partial charge in [0.25, 0.3) is 0 Å². The number of benzene rings is 1. The van der Waals surface area contributed by atoms with Crippen LogP contribution in [0.5, 0.6) is 5.75 Å². The quantitative estimate of drug-likeness (QED) is 0.683. The normalized spacial score (nSPS) is 17.2. The second kappa shape index (κ2) is 3.40. The number of aromatic amines is 1. The highest BCUT2D eigenvalue weighted by molar-refractivity contribution is 7.71. The summed E-state index contributed by atoms with van der Waals surface area (Å²) in [5, 5.41) is 9.78. The smallest absolute Gasteiger partial charge is 0.227 e. The van der Waals surface area contributed by atoms with Gasteiger partial charge in [0.2, 0.25) is 6.29 Å². The zero-order chi connectivity index (χ0) is 11.1. The molecule has 0 saturated heterocycles. The minimum Gasteiger partial charge on any atom is -0.460 e. The number of aliphatic hydroxyl groups is 1. The minimum absolute atomic E-state index is 0.391. The van der Waals surface area contributed by atoms with Gasteiger partial charge in [-0.3, -0.25) is 0 Å². The first-order chi connectivity index (χ1) is 7.75. The fraction of sp³-hybridized carbons (Fsp3) is 0.0909. The second-order valence-electron chi connectivity index (χ2n) is 3.49. The van der Waals surface area contributed by atoms with Crippen molar-refractivity contribution in [2.45, 2.75) is 6.29 Å². The SMILES string of the molecule is OC1Oc2ccccc2-c2[nH]c(=S)ncc21. The number of aromatic nitrogens is 2. The first kappa shape index (κ1) is 9.50. The zero-order valence-electron chi connectivity index (χ0n) is 8.18. The Morgan fingerprint density at radius 1 is 1.38 bits per heavy atom. The number of nitrogens with one attached hydrogen (secondary N) is 1. The highest BCUT2D eigenvalue weighted by Crippen LogP contribution is 2.39. The van der Waals surface area contributed by atoms with E-state index in [1.165, 1.54) is 6.20 Å². The van der Waals surface area contributed by atoms with E-state index in [2.05, 4.69) is 9.97 Å². The van der Waals surface area contributed by atoms with E-state index in [4.69, 9.17) is 17.0 Å². The lowest BCUT2D eigenvalue weighted by molar-refractivity contribution is -0.0219. The topological polar surface area (TPSA) is 58.1 Å².